The largest absolute Gasteiger partial charge is 0.380 e. The molecule has 0 aliphatic heterocycles. The summed E-state index contributed by atoms with van der Waals surface area (Å²) in [5.41, 5.74) is 1.66. The van der Waals surface area contributed by atoms with Crippen molar-refractivity contribution >= 4 is 28.9 Å². The van der Waals surface area contributed by atoms with E-state index < -0.39 is 0 Å². The molecule has 17 heavy (non-hydrogen) atoms. The van der Waals surface area contributed by atoms with Crippen molar-refractivity contribution in [3.05, 3.63) is 63.9 Å². The second-order valence-corrected chi connectivity index (χ2v) is 4.38. The molecule has 0 heterocycles. The van der Waals surface area contributed by atoms with Crippen LogP contribution in [-0.4, -0.2) is 0 Å². The molecule has 2 aromatic rings. The molecule has 0 fully saturated rings. The summed E-state index contributed by atoms with van der Waals surface area (Å²) in [5.74, 6) is -0.349. The zero-order valence-electron chi connectivity index (χ0n) is 8.88. The molecule has 0 aromatic heterocycles. The van der Waals surface area contributed by atoms with Crippen molar-refractivity contribution in [1.82, 2.24) is 0 Å². The van der Waals surface area contributed by atoms with Crippen molar-refractivity contribution < 1.29 is 4.39 Å². The first kappa shape index (κ1) is 12.2. The van der Waals surface area contributed by atoms with Gasteiger partial charge in [-0.2, -0.15) is 0 Å². The highest BCUT2D eigenvalue weighted by molar-refractivity contribution is 6.33. The smallest absolute Gasteiger partial charge is 0.124 e. The molecule has 0 atom stereocenters. The van der Waals surface area contributed by atoms with Gasteiger partial charge in [0.25, 0.3) is 0 Å². The molecule has 2 aromatic carbocycles. The van der Waals surface area contributed by atoms with Gasteiger partial charge in [-0.3, -0.25) is 0 Å². The lowest BCUT2D eigenvalue weighted by molar-refractivity contribution is 0.628. The van der Waals surface area contributed by atoms with E-state index in [1.54, 1.807) is 6.07 Å². The summed E-state index contributed by atoms with van der Waals surface area (Å²) in [6.45, 7) is 0.547. The highest BCUT2D eigenvalue weighted by Crippen LogP contribution is 2.24. The number of rotatable bonds is 3. The monoisotopic (exact) mass is 269 g/mol. The Balaban J connectivity index is 2.10. The van der Waals surface area contributed by atoms with E-state index in [0.717, 1.165) is 5.56 Å². The maximum absolute atomic E-state index is 12.8. The van der Waals surface area contributed by atoms with Crippen molar-refractivity contribution in [3.63, 3.8) is 0 Å². The first-order valence-electron chi connectivity index (χ1n) is 5.09. The standard InChI is InChI=1S/C13H10Cl2FN/c14-11-4-2-1-3-9(11)8-17-13-6-5-10(16)7-12(13)15/h1-7,17H,8H2. The lowest BCUT2D eigenvalue weighted by Gasteiger charge is -2.09. The first-order chi connectivity index (χ1) is 8.16. The zero-order chi connectivity index (χ0) is 12.3. The Bertz CT molecular complexity index is 529. The van der Waals surface area contributed by atoms with E-state index in [1.165, 1.54) is 12.1 Å². The Morgan fingerprint density at radius 2 is 1.76 bits per heavy atom. The normalized spacial score (nSPS) is 10.3. The average molecular weight is 270 g/mol. The van der Waals surface area contributed by atoms with Gasteiger partial charge >= 0.3 is 0 Å². The number of halogens is 3. The summed E-state index contributed by atoms with van der Waals surface area (Å²) in [6, 6.07) is 11.8. The Kier molecular flexibility index (Phi) is 3.87. The fraction of sp³-hybridized carbons (Fsp3) is 0.0769. The maximum Gasteiger partial charge on any atom is 0.124 e. The molecule has 0 unspecified atom stereocenters. The quantitative estimate of drug-likeness (QED) is 0.849. The van der Waals surface area contributed by atoms with E-state index >= 15 is 0 Å². The van der Waals surface area contributed by atoms with Crippen LogP contribution < -0.4 is 5.32 Å². The molecule has 0 saturated heterocycles. The molecule has 1 N–H and O–H groups in total. The summed E-state index contributed by atoms with van der Waals surface area (Å²) in [6.07, 6.45) is 0. The van der Waals surface area contributed by atoms with Crippen molar-refractivity contribution in [1.29, 1.82) is 0 Å². The number of anilines is 1. The third kappa shape index (κ3) is 3.11. The number of hydrogen-bond acceptors (Lipinski definition) is 1. The average Bonchev–Trinajstić information content (AvgIpc) is 2.30. The summed E-state index contributed by atoms with van der Waals surface area (Å²) in [5, 5.41) is 4.17. The van der Waals surface area contributed by atoms with Crippen LogP contribution in [0.25, 0.3) is 0 Å². The van der Waals surface area contributed by atoms with Gasteiger partial charge in [-0.15, -0.1) is 0 Å². The first-order valence-corrected chi connectivity index (χ1v) is 5.85. The molecular formula is C13H10Cl2FN. The molecule has 1 nitrogen and oxygen atoms in total. The molecule has 4 heteroatoms. The highest BCUT2D eigenvalue weighted by atomic mass is 35.5. The molecule has 0 aliphatic carbocycles. The third-order valence-electron chi connectivity index (χ3n) is 2.36. The van der Waals surface area contributed by atoms with Gasteiger partial charge in [-0.1, -0.05) is 41.4 Å². The van der Waals surface area contributed by atoms with Crippen LogP contribution in [0.1, 0.15) is 5.56 Å². The Morgan fingerprint density at radius 1 is 1.00 bits per heavy atom. The van der Waals surface area contributed by atoms with Crippen molar-refractivity contribution in [2.24, 2.45) is 0 Å². The minimum absolute atomic E-state index is 0.349. The van der Waals surface area contributed by atoms with Gasteiger partial charge in [-0.05, 0) is 29.8 Å². The fourth-order valence-electron chi connectivity index (χ4n) is 1.47. The van der Waals surface area contributed by atoms with Gasteiger partial charge in [0, 0.05) is 11.6 Å². The predicted molar refractivity (Wildman–Crippen MR) is 70.2 cm³/mol. The molecule has 0 aliphatic rings. The van der Waals surface area contributed by atoms with E-state index in [0.29, 0.717) is 22.3 Å². The number of nitrogens with one attached hydrogen (secondary N) is 1. The molecule has 0 spiro atoms. The van der Waals surface area contributed by atoms with Gasteiger partial charge in [-0.25, -0.2) is 4.39 Å². The van der Waals surface area contributed by atoms with Crippen LogP contribution in [0.4, 0.5) is 10.1 Å². The molecule has 0 bridgehead atoms. The van der Waals surface area contributed by atoms with Gasteiger partial charge in [0.05, 0.1) is 10.7 Å². The number of hydrogen-bond donors (Lipinski definition) is 1. The third-order valence-corrected chi connectivity index (χ3v) is 3.04. The van der Waals surface area contributed by atoms with Gasteiger partial charge in [0.1, 0.15) is 5.82 Å². The van der Waals surface area contributed by atoms with Crippen LogP contribution in [0, 0.1) is 5.82 Å². The van der Waals surface area contributed by atoms with E-state index in [1.807, 2.05) is 24.3 Å². The van der Waals surface area contributed by atoms with Crippen molar-refractivity contribution in [3.8, 4) is 0 Å². The summed E-state index contributed by atoms with van der Waals surface area (Å²) >= 11 is 11.9. The van der Waals surface area contributed by atoms with E-state index in [9.17, 15) is 4.39 Å². The lowest BCUT2D eigenvalue weighted by Crippen LogP contribution is -2.00. The van der Waals surface area contributed by atoms with E-state index in [2.05, 4.69) is 5.32 Å². The van der Waals surface area contributed by atoms with Crippen LogP contribution in [0.15, 0.2) is 42.5 Å². The van der Waals surface area contributed by atoms with Gasteiger partial charge in [0.15, 0.2) is 0 Å². The minimum atomic E-state index is -0.349. The van der Waals surface area contributed by atoms with Crippen molar-refractivity contribution in [2.45, 2.75) is 6.54 Å². The van der Waals surface area contributed by atoms with Crippen LogP contribution in [-0.2, 0) is 6.54 Å². The molecular weight excluding hydrogens is 260 g/mol. The predicted octanol–water partition coefficient (Wildman–Crippen LogP) is 4.74. The van der Waals surface area contributed by atoms with Crippen molar-refractivity contribution in [2.75, 3.05) is 5.32 Å². The maximum atomic E-state index is 12.8. The van der Waals surface area contributed by atoms with Crippen LogP contribution in [0.5, 0.6) is 0 Å². The van der Waals surface area contributed by atoms with E-state index in [-0.39, 0.29) is 5.82 Å². The second-order valence-electron chi connectivity index (χ2n) is 3.57. The second kappa shape index (κ2) is 5.39. The zero-order valence-corrected chi connectivity index (χ0v) is 10.4. The fourth-order valence-corrected chi connectivity index (χ4v) is 1.90. The van der Waals surface area contributed by atoms with Gasteiger partial charge < -0.3 is 5.32 Å². The van der Waals surface area contributed by atoms with Crippen LogP contribution >= 0.6 is 23.2 Å². The highest BCUT2D eigenvalue weighted by Gasteiger charge is 2.03. The molecule has 0 radical (unpaired) electrons. The van der Waals surface area contributed by atoms with Crippen LogP contribution in [0.3, 0.4) is 0 Å². The summed E-state index contributed by atoms with van der Waals surface area (Å²) in [4.78, 5) is 0. The number of benzene rings is 2. The Labute approximate surface area is 109 Å². The van der Waals surface area contributed by atoms with Crippen LogP contribution in [0.2, 0.25) is 10.0 Å². The molecule has 88 valence electrons. The molecule has 2 rings (SSSR count). The minimum Gasteiger partial charge on any atom is -0.380 e. The Morgan fingerprint density at radius 3 is 2.47 bits per heavy atom. The lowest BCUT2D eigenvalue weighted by atomic mass is 10.2. The Hall–Kier alpha value is -1.25. The van der Waals surface area contributed by atoms with E-state index in [4.69, 9.17) is 23.2 Å². The van der Waals surface area contributed by atoms with Gasteiger partial charge in [0.2, 0.25) is 0 Å². The summed E-state index contributed by atoms with van der Waals surface area (Å²) < 4.78 is 12.8. The molecule has 0 saturated carbocycles. The molecule has 0 amide bonds. The SMILES string of the molecule is Fc1ccc(NCc2ccccc2Cl)c(Cl)c1. The summed E-state index contributed by atoms with van der Waals surface area (Å²) in [7, 11) is 0. The topological polar surface area (TPSA) is 12.0 Å².